The molecule has 0 spiro atoms. The Morgan fingerprint density at radius 3 is 2.55 bits per heavy atom. The zero-order chi connectivity index (χ0) is 14.5. The molecule has 1 saturated heterocycles. The smallest absolute Gasteiger partial charge is 0.0622 e. The van der Waals surface area contributed by atoms with E-state index in [1.165, 1.54) is 16.7 Å². The van der Waals surface area contributed by atoms with Crippen molar-refractivity contribution in [2.24, 2.45) is 0 Å². The lowest BCUT2D eigenvalue weighted by Gasteiger charge is -2.29. The van der Waals surface area contributed by atoms with Crippen LogP contribution in [0.5, 0.6) is 0 Å². The van der Waals surface area contributed by atoms with Crippen molar-refractivity contribution in [3.63, 3.8) is 0 Å². The predicted molar refractivity (Wildman–Crippen MR) is 84.2 cm³/mol. The van der Waals surface area contributed by atoms with Crippen LogP contribution in [-0.4, -0.2) is 44.3 Å². The minimum atomic E-state index is 0.393. The van der Waals surface area contributed by atoms with Crippen molar-refractivity contribution >= 4 is 0 Å². The molecule has 1 fully saturated rings. The number of nitrogens with one attached hydrogen (secondary N) is 1. The molecule has 3 nitrogen and oxygen atoms in total. The number of ether oxygens (including phenoxy) is 1. The van der Waals surface area contributed by atoms with E-state index in [2.05, 4.69) is 56.2 Å². The second kappa shape index (κ2) is 7.21. The van der Waals surface area contributed by atoms with Crippen molar-refractivity contribution in [1.29, 1.82) is 0 Å². The standard InChI is InChI=1S/C17H28N2O/c1-5-18-17(11-19(4)16-6-7-20-12-16)15-9-13(2)8-14(3)10-15/h8-10,16-18H,5-7,11-12H2,1-4H3. The number of hydrogen-bond donors (Lipinski definition) is 1. The first kappa shape index (κ1) is 15.5. The van der Waals surface area contributed by atoms with Gasteiger partial charge in [0.25, 0.3) is 0 Å². The van der Waals surface area contributed by atoms with Crippen molar-refractivity contribution in [2.45, 2.75) is 39.3 Å². The molecule has 3 heteroatoms. The third-order valence-electron chi connectivity index (χ3n) is 4.10. The van der Waals surface area contributed by atoms with E-state index in [-0.39, 0.29) is 0 Å². The lowest BCUT2D eigenvalue weighted by molar-refractivity contribution is 0.153. The van der Waals surface area contributed by atoms with E-state index in [0.717, 1.165) is 32.7 Å². The molecule has 112 valence electrons. The molecule has 2 atom stereocenters. The maximum absolute atomic E-state index is 5.50. The van der Waals surface area contributed by atoms with Gasteiger partial charge in [-0.25, -0.2) is 0 Å². The third kappa shape index (κ3) is 4.05. The van der Waals surface area contributed by atoms with Crippen LogP contribution in [0, 0.1) is 13.8 Å². The summed E-state index contributed by atoms with van der Waals surface area (Å²) in [5.41, 5.74) is 4.08. The molecule has 0 aliphatic carbocycles. The number of hydrogen-bond acceptors (Lipinski definition) is 3. The molecular formula is C17H28N2O. The van der Waals surface area contributed by atoms with Crippen LogP contribution in [0.2, 0.25) is 0 Å². The summed E-state index contributed by atoms with van der Waals surface area (Å²) < 4.78 is 5.50. The average molecular weight is 276 g/mol. The van der Waals surface area contributed by atoms with Crippen LogP contribution in [0.4, 0.5) is 0 Å². The summed E-state index contributed by atoms with van der Waals surface area (Å²) in [6.07, 6.45) is 1.15. The molecule has 20 heavy (non-hydrogen) atoms. The van der Waals surface area contributed by atoms with Crippen LogP contribution < -0.4 is 5.32 Å². The Bertz CT molecular complexity index is 407. The van der Waals surface area contributed by atoms with Crippen molar-refractivity contribution in [1.82, 2.24) is 10.2 Å². The van der Waals surface area contributed by atoms with E-state index < -0.39 is 0 Å². The van der Waals surface area contributed by atoms with E-state index in [9.17, 15) is 0 Å². The van der Waals surface area contributed by atoms with Crippen molar-refractivity contribution < 1.29 is 4.74 Å². The Hall–Kier alpha value is -0.900. The fourth-order valence-electron chi connectivity index (χ4n) is 3.05. The van der Waals surface area contributed by atoms with Gasteiger partial charge in [0.1, 0.15) is 0 Å². The van der Waals surface area contributed by atoms with Gasteiger partial charge in [-0.05, 0) is 39.4 Å². The van der Waals surface area contributed by atoms with E-state index in [1.54, 1.807) is 0 Å². The van der Waals surface area contributed by atoms with Gasteiger partial charge in [-0.1, -0.05) is 36.2 Å². The average Bonchev–Trinajstić information content (AvgIpc) is 2.90. The molecule has 0 bridgehead atoms. The van der Waals surface area contributed by atoms with Crippen molar-refractivity contribution in [2.75, 3.05) is 33.4 Å². The second-order valence-electron chi connectivity index (χ2n) is 5.99. The lowest BCUT2D eigenvalue weighted by Crippen LogP contribution is -2.39. The zero-order valence-electron chi connectivity index (χ0n) is 13.3. The lowest BCUT2D eigenvalue weighted by atomic mass is 10.0. The summed E-state index contributed by atoms with van der Waals surface area (Å²) in [7, 11) is 2.21. The topological polar surface area (TPSA) is 24.5 Å². The summed E-state index contributed by atoms with van der Waals surface area (Å²) in [6, 6.07) is 7.81. The van der Waals surface area contributed by atoms with Crippen molar-refractivity contribution in [3.05, 3.63) is 34.9 Å². The SMILES string of the molecule is CCNC(CN(C)C1CCOC1)c1cc(C)cc(C)c1. The molecule has 2 unspecified atom stereocenters. The van der Waals surface area contributed by atoms with Crippen LogP contribution in [0.3, 0.4) is 0 Å². The normalized spacial score (nSPS) is 20.6. The highest BCUT2D eigenvalue weighted by Crippen LogP contribution is 2.20. The van der Waals surface area contributed by atoms with Crippen LogP contribution in [0.15, 0.2) is 18.2 Å². The van der Waals surface area contributed by atoms with E-state index in [1.807, 2.05) is 0 Å². The fraction of sp³-hybridized carbons (Fsp3) is 0.647. The van der Waals surface area contributed by atoms with Gasteiger partial charge in [0.05, 0.1) is 6.61 Å². The molecule has 1 heterocycles. The zero-order valence-corrected chi connectivity index (χ0v) is 13.3. The number of benzene rings is 1. The molecule has 0 amide bonds. The molecule has 1 aliphatic rings. The summed E-state index contributed by atoms with van der Waals surface area (Å²) in [5.74, 6) is 0. The molecule has 2 rings (SSSR count). The molecule has 0 radical (unpaired) electrons. The van der Waals surface area contributed by atoms with Crippen LogP contribution in [0.1, 0.15) is 36.1 Å². The first-order valence-corrected chi connectivity index (χ1v) is 7.69. The Morgan fingerprint density at radius 2 is 2.00 bits per heavy atom. The number of aryl methyl sites for hydroxylation is 2. The molecule has 0 aromatic heterocycles. The summed E-state index contributed by atoms with van der Waals surface area (Å²) >= 11 is 0. The predicted octanol–water partition coefficient (Wildman–Crippen LogP) is 2.67. The first-order valence-electron chi connectivity index (χ1n) is 7.69. The maximum atomic E-state index is 5.50. The van der Waals surface area contributed by atoms with Crippen molar-refractivity contribution in [3.8, 4) is 0 Å². The Labute approximate surface area is 123 Å². The molecule has 0 saturated carbocycles. The molecule has 1 aromatic rings. The van der Waals surface area contributed by atoms with Crippen LogP contribution >= 0.6 is 0 Å². The second-order valence-corrected chi connectivity index (χ2v) is 5.99. The first-order chi connectivity index (χ1) is 9.60. The minimum Gasteiger partial charge on any atom is -0.380 e. The quantitative estimate of drug-likeness (QED) is 0.864. The Morgan fingerprint density at radius 1 is 1.30 bits per heavy atom. The van der Waals surface area contributed by atoms with Crippen LogP contribution in [0.25, 0.3) is 0 Å². The van der Waals surface area contributed by atoms with E-state index in [0.29, 0.717) is 12.1 Å². The van der Waals surface area contributed by atoms with E-state index in [4.69, 9.17) is 4.74 Å². The van der Waals surface area contributed by atoms with Gasteiger partial charge in [0.2, 0.25) is 0 Å². The number of nitrogens with zero attached hydrogens (tertiary/aromatic N) is 1. The monoisotopic (exact) mass is 276 g/mol. The Kier molecular flexibility index (Phi) is 5.58. The summed E-state index contributed by atoms with van der Waals surface area (Å²) in [5, 5.41) is 3.63. The van der Waals surface area contributed by atoms with Gasteiger partial charge >= 0.3 is 0 Å². The van der Waals surface area contributed by atoms with Gasteiger partial charge in [-0.15, -0.1) is 0 Å². The molecule has 1 aromatic carbocycles. The summed E-state index contributed by atoms with van der Waals surface area (Å²) in [4.78, 5) is 2.44. The summed E-state index contributed by atoms with van der Waals surface area (Å²) in [6.45, 7) is 10.3. The van der Waals surface area contributed by atoms with Crippen LogP contribution in [-0.2, 0) is 4.74 Å². The third-order valence-corrected chi connectivity index (χ3v) is 4.10. The molecule has 1 N–H and O–H groups in total. The highest BCUT2D eigenvalue weighted by Gasteiger charge is 2.23. The Balaban J connectivity index is 2.09. The van der Waals surface area contributed by atoms with Gasteiger partial charge < -0.3 is 10.1 Å². The van der Waals surface area contributed by atoms with Gasteiger partial charge in [0, 0.05) is 25.2 Å². The largest absolute Gasteiger partial charge is 0.380 e. The van der Waals surface area contributed by atoms with Gasteiger partial charge in [-0.2, -0.15) is 0 Å². The van der Waals surface area contributed by atoms with Gasteiger partial charge in [0.15, 0.2) is 0 Å². The fourth-order valence-corrected chi connectivity index (χ4v) is 3.05. The molecule has 1 aliphatic heterocycles. The highest BCUT2D eigenvalue weighted by molar-refractivity contribution is 5.31. The maximum Gasteiger partial charge on any atom is 0.0622 e. The highest BCUT2D eigenvalue weighted by atomic mass is 16.5. The number of rotatable bonds is 6. The minimum absolute atomic E-state index is 0.393. The van der Waals surface area contributed by atoms with E-state index >= 15 is 0 Å². The number of likely N-dealkylation sites (N-methyl/N-ethyl adjacent to an activating group) is 2. The van der Waals surface area contributed by atoms with Gasteiger partial charge in [-0.3, -0.25) is 4.90 Å². The molecular weight excluding hydrogens is 248 g/mol.